The normalized spacial score (nSPS) is 16.5. The van der Waals surface area contributed by atoms with E-state index in [-0.39, 0.29) is 11.7 Å². The fourth-order valence-corrected chi connectivity index (χ4v) is 4.80. The minimum absolute atomic E-state index is 0.00999. The fourth-order valence-electron chi connectivity index (χ4n) is 4.41. The molecule has 1 fully saturated rings. The van der Waals surface area contributed by atoms with Crippen molar-refractivity contribution in [2.45, 2.75) is 44.2 Å². The molecule has 0 spiro atoms. The van der Waals surface area contributed by atoms with E-state index in [0.717, 1.165) is 47.9 Å². The Hall–Kier alpha value is -2.39. The quantitative estimate of drug-likeness (QED) is 0.507. The molecule has 1 aromatic heterocycles. The molecule has 1 aliphatic heterocycles. The van der Waals surface area contributed by atoms with Crippen molar-refractivity contribution in [2.24, 2.45) is 5.14 Å². The molecule has 0 amide bonds. The average molecular weight is 469 g/mol. The second kappa shape index (κ2) is 10.7. The van der Waals surface area contributed by atoms with Crippen molar-refractivity contribution in [1.82, 2.24) is 9.55 Å². The number of rotatable bonds is 8. The number of ether oxygens (including phenoxy) is 2. The molecule has 33 heavy (non-hydrogen) atoms. The number of nitrogens with zero attached hydrogens (tertiary/aromatic N) is 3. The average Bonchev–Trinajstić information content (AvgIpc) is 2.83. The second-order valence-electron chi connectivity index (χ2n) is 8.49. The van der Waals surface area contributed by atoms with Crippen LogP contribution in [0.5, 0.6) is 0 Å². The molecule has 1 saturated heterocycles. The SMILES string of the molecule is COCCC1CN(c2ccc3c(=O)n(CCc4ccc(SN)cc4C)c(C)nc3c2)CCO1. The summed E-state index contributed by atoms with van der Waals surface area (Å²) in [6.45, 7) is 7.59. The highest BCUT2D eigenvalue weighted by molar-refractivity contribution is 7.97. The molecule has 1 unspecified atom stereocenters. The van der Waals surface area contributed by atoms with Gasteiger partial charge < -0.3 is 14.4 Å². The van der Waals surface area contributed by atoms with E-state index < -0.39 is 0 Å². The molecular formula is C25H32N4O3S. The number of anilines is 1. The monoisotopic (exact) mass is 468 g/mol. The first-order chi connectivity index (χ1) is 16.0. The molecule has 176 valence electrons. The highest BCUT2D eigenvalue weighted by Crippen LogP contribution is 2.23. The Morgan fingerprint density at radius 1 is 1.24 bits per heavy atom. The van der Waals surface area contributed by atoms with Gasteiger partial charge in [0, 0.05) is 43.9 Å². The first kappa shape index (κ1) is 23.8. The van der Waals surface area contributed by atoms with Crippen molar-refractivity contribution in [1.29, 1.82) is 0 Å². The first-order valence-electron chi connectivity index (χ1n) is 11.3. The topological polar surface area (TPSA) is 82.6 Å². The number of fused-ring (bicyclic) bond motifs is 1. The van der Waals surface area contributed by atoms with Crippen LogP contribution in [-0.2, 0) is 22.4 Å². The lowest BCUT2D eigenvalue weighted by atomic mass is 10.1. The van der Waals surface area contributed by atoms with E-state index in [9.17, 15) is 4.79 Å². The van der Waals surface area contributed by atoms with E-state index in [1.165, 1.54) is 23.1 Å². The third kappa shape index (κ3) is 5.41. The van der Waals surface area contributed by atoms with Crippen LogP contribution in [-0.4, -0.2) is 49.1 Å². The van der Waals surface area contributed by atoms with Gasteiger partial charge in [-0.05, 0) is 80.1 Å². The molecule has 0 radical (unpaired) electrons. The lowest BCUT2D eigenvalue weighted by Crippen LogP contribution is -2.43. The first-order valence-corrected chi connectivity index (χ1v) is 12.2. The summed E-state index contributed by atoms with van der Waals surface area (Å²) in [5, 5.41) is 6.31. The summed E-state index contributed by atoms with van der Waals surface area (Å²) in [6.07, 6.45) is 1.79. The van der Waals surface area contributed by atoms with E-state index >= 15 is 0 Å². The summed E-state index contributed by atoms with van der Waals surface area (Å²) in [5.74, 6) is 0.733. The van der Waals surface area contributed by atoms with Crippen molar-refractivity contribution in [3.8, 4) is 0 Å². The minimum Gasteiger partial charge on any atom is -0.385 e. The number of benzene rings is 2. The Kier molecular flexibility index (Phi) is 7.70. The van der Waals surface area contributed by atoms with Gasteiger partial charge in [-0.2, -0.15) is 0 Å². The molecule has 1 aliphatic rings. The van der Waals surface area contributed by atoms with E-state index in [2.05, 4.69) is 24.0 Å². The van der Waals surface area contributed by atoms with Gasteiger partial charge in [-0.15, -0.1) is 0 Å². The van der Waals surface area contributed by atoms with Crippen molar-refractivity contribution < 1.29 is 9.47 Å². The van der Waals surface area contributed by atoms with Gasteiger partial charge in [0.25, 0.3) is 5.56 Å². The Bertz CT molecular complexity index is 1180. The van der Waals surface area contributed by atoms with E-state index in [0.29, 0.717) is 25.1 Å². The van der Waals surface area contributed by atoms with Crippen LogP contribution in [0.3, 0.4) is 0 Å². The predicted molar refractivity (Wildman–Crippen MR) is 134 cm³/mol. The van der Waals surface area contributed by atoms with Gasteiger partial charge in [-0.25, -0.2) is 4.98 Å². The van der Waals surface area contributed by atoms with Gasteiger partial charge in [-0.3, -0.25) is 14.5 Å². The highest BCUT2D eigenvalue weighted by atomic mass is 32.2. The predicted octanol–water partition coefficient (Wildman–Crippen LogP) is 3.46. The molecule has 2 aromatic carbocycles. The maximum absolute atomic E-state index is 13.3. The zero-order valence-corrected chi connectivity index (χ0v) is 20.4. The third-order valence-corrected chi connectivity index (χ3v) is 6.86. The van der Waals surface area contributed by atoms with Gasteiger partial charge in [0.05, 0.1) is 23.6 Å². The largest absolute Gasteiger partial charge is 0.385 e. The molecule has 0 saturated carbocycles. The van der Waals surface area contributed by atoms with Crippen LogP contribution in [0.2, 0.25) is 0 Å². The standard InChI is InChI=1S/C25H32N4O3S/c1-17-14-22(33-26)6-4-19(17)8-10-29-18(2)27-24-15-20(5-7-23(24)25(29)30)28-11-13-32-21(16-28)9-12-31-3/h4-7,14-15,21H,8-13,16,26H2,1-3H3. The molecule has 2 heterocycles. The third-order valence-electron chi connectivity index (χ3n) is 6.33. The summed E-state index contributed by atoms with van der Waals surface area (Å²) >= 11 is 1.25. The van der Waals surface area contributed by atoms with Crippen LogP contribution in [0.4, 0.5) is 5.69 Å². The number of morpholine rings is 1. The van der Waals surface area contributed by atoms with E-state index in [1.54, 1.807) is 11.7 Å². The molecule has 4 rings (SSSR count). The molecule has 2 N–H and O–H groups in total. The molecule has 0 bridgehead atoms. The molecule has 8 heteroatoms. The number of aromatic nitrogens is 2. The summed E-state index contributed by atoms with van der Waals surface area (Å²) in [5.41, 5.74) is 4.22. The fraction of sp³-hybridized carbons (Fsp3) is 0.440. The molecule has 3 aromatic rings. The summed E-state index contributed by atoms with van der Waals surface area (Å²) in [6, 6.07) is 12.2. The van der Waals surface area contributed by atoms with Gasteiger partial charge in [0.1, 0.15) is 5.82 Å². The van der Waals surface area contributed by atoms with Crippen LogP contribution in [0.25, 0.3) is 10.9 Å². The zero-order chi connectivity index (χ0) is 23.4. The van der Waals surface area contributed by atoms with E-state index in [1.807, 2.05) is 31.2 Å². The number of aryl methyl sites for hydroxylation is 3. The van der Waals surface area contributed by atoms with Crippen LogP contribution in [0.1, 0.15) is 23.4 Å². The van der Waals surface area contributed by atoms with Crippen molar-refractivity contribution in [3.63, 3.8) is 0 Å². The van der Waals surface area contributed by atoms with Gasteiger partial charge in [0.15, 0.2) is 0 Å². The van der Waals surface area contributed by atoms with Gasteiger partial charge in [-0.1, -0.05) is 6.07 Å². The highest BCUT2D eigenvalue weighted by Gasteiger charge is 2.21. The zero-order valence-electron chi connectivity index (χ0n) is 19.5. The maximum atomic E-state index is 13.3. The lowest BCUT2D eigenvalue weighted by molar-refractivity contribution is 0.0191. The second-order valence-corrected chi connectivity index (χ2v) is 9.20. The molecule has 1 atom stereocenters. The Morgan fingerprint density at radius 2 is 2.09 bits per heavy atom. The molecule has 7 nitrogen and oxygen atoms in total. The summed E-state index contributed by atoms with van der Waals surface area (Å²) in [4.78, 5) is 21.4. The molecule has 0 aliphatic carbocycles. The van der Waals surface area contributed by atoms with Crippen molar-refractivity contribution in [3.05, 3.63) is 63.7 Å². The van der Waals surface area contributed by atoms with Gasteiger partial charge in [0.2, 0.25) is 0 Å². The van der Waals surface area contributed by atoms with Crippen molar-refractivity contribution >= 4 is 28.5 Å². The summed E-state index contributed by atoms with van der Waals surface area (Å²) < 4.78 is 12.8. The Labute approximate surface area is 199 Å². The number of hydrogen-bond donors (Lipinski definition) is 1. The molecular weight excluding hydrogens is 436 g/mol. The van der Waals surface area contributed by atoms with Crippen LogP contribution < -0.4 is 15.6 Å². The Balaban J connectivity index is 1.54. The number of nitrogens with two attached hydrogens (primary N) is 1. The number of methoxy groups -OCH3 is 1. The van der Waals surface area contributed by atoms with E-state index in [4.69, 9.17) is 19.6 Å². The smallest absolute Gasteiger partial charge is 0.261 e. The minimum atomic E-state index is 0.00999. The van der Waals surface area contributed by atoms with Crippen LogP contribution in [0.15, 0.2) is 46.1 Å². The van der Waals surface area contributed by atoms with Gasteiger partial charge >= 0.3 is 0 Å². The lowest BCUT2D eigenvalue weighted by Gasteiger charge is -2.34. The maximum Gasteiger partial charge on any atom is 0.261 e. The van der Waals surface area contributed by atoms with Crippen LogP contribution in [0, 0.1) is 13.8 Å². The summed E-state index contributed by atoms with van der Waals surface area (Å²) in [7, 11) is 1.71. The van der Waals surface area contributed by atoms with Crippen molar-refractivity contribution in [2.75, 3.05) is 38.3 Å². The number of hydrogen-bond acceptors (Lipinski definition) is 7. The van der Waals surface area contributed by atoms with Crippen LogP contribution >= 0.6 is 11.9 Å². The Morgan fingerprint density at radius 3 is 2.85 bits per heavy atom.